The second-order valence-electron chi connectivity index (χ2n) is 11.7. The lowest BCUT2D eigenvalue weighted by molar-refractivity contribution is -0.139. The minimum atomic E-state index is -0.307. The summed E-state index contributed by atoms with van der Waals surface area (Å²) < 4.78 is 10.6. The molecule has 0 aliphatic carbocycles. The number of fused-ring (bicyclic) bond motifs is 1. The molecule has 11 heteroatoms. The predicted octanol–water partition coefficient (Wildman–Crippen LogP) is 10.9. The third kappa shape index (κ3) is 32.5. The van der Waals surface area contributed by atoms with Gasteiger partial charge in [-0.25, -0.2) is 9.59 Å². The van der Waals surface area contributed by atoms with E-state index in [2.05, 4.69) is 95.4 Å². The fraction of sp³-hybridized carbons (Fsp3) is 0.346. The SMILES string of the molecule is C.CC.CCN(CCOC(=O)/C=C/c1ccc2ccccc2c1)Cc1ccccc1.CCN(CCOC(=O)/C=C/c1ccccc1)Cc1ccccc1.CCl.CCl.CO.CO.CO. The summed E-state index contributed by atoms with van der Waals surface area (Å²) in [6.45, 7) is 14.0. The highest BCUT2D eigenvalue weighted by atomic mass is 35.5. The summed E-state index contributed by atoms with van der Waals surface area (Å²) >= 11 is 9.28. The topological polar surface area (TPSA) is 120 Å². The number of carbonyl (C=O) groups is 2. The van der Waals surface area contributed by atoms with Crippen molar-refractivity contribution in [2.45, 2.75) is 48.2 Å². The Balaban J connectivity index is -0.000000444. The molecule has 0 heterocycles. The van der Waals surface area contributed by atoms with Gasteiger partial charge in [-0.1, -0.05) is 163 Å². The molecule has 0 unspecified atom stereocenters. The van der Waals surface area contributed by atoms with Gasteiger partial charge in [-0.2, -0.15) is 0 Å². The van der Waals surface area contributed by atoms with Crippen molar-refractivity contribution in [2.24, 2.45) is 0 Å². The van der Waals surface area contributed by atoms with Crippen LogP contribution < -0.4 is 0 Å². The number of rotatable bonds is 16. The van der Waals surface area contributed by atoms with Gasteiger partial charge >= 0.3 is 11.9 Å². The summed E-state index contributed by atoms with van der Waals surface area (Å²) in [5, 5.41) is 23.3. The largest absolute Gasteiger partial charge is 0.461 e. The van der Waals surface area contributed by atoms with Crippen LogP contribution >= 0.6 is 23.2 Å². The third-order valence-corrected chi connectivity index (χ3v) is 8.09. The van der Waals surface area contributed by atoms with E-state index in [0.717, 1.165) is 77.1 Å². The van der Waals surface area contributed by atoms with Crippen molar-refractivity contribution in [2.75, 3.05) is 73.5 Å². The molecule has 0 amide bonds. The maximum atomic E-state index is 12.0. The second kappa shape index (κ2) is 48.2. The van der Waals surface area contributed by atoms with Crippen LogP contribution in [0.25, 0.3) is 22.9 Å². The quantitative estimate of drug-likeness (QED) is 0.0505. The summed E-state index contributed by atoms with van der Waals surface area (Å²) in [7, 11) is 3.00. The highest BCUT2D eigenvalue weighted by Crippen LogP contribution is 2.16. The molecule has 5 rings (SSSR count). The van der Waals surface area contributed by atoms with Crippen molar-refractivity contribution in [3.63, 3.8) is 0 Å². The number of hydrogen-bond acceptors (Lipinski definition) is 9. The van der Waals surface area contributed by atoms with Gasteiger partial charge in [0, 0.05) is 72.4 Å². The van der Waals surface area contributed by atoms with Crippen LogP contribution in [-0.4, -0.2) is 111 Å². The van der Waals surface area contributed by atoms with Crippen molar-refractivity contribution < 1.29 is 34.4 Å². The molecular weight excluding hydrogens is 835 g/mol. The normalized spacial score (nSPS) is 9.46. The van der Waals surface area contributed by atoms with E-state index in [1.54, 1.807) is 12.2 Å². The van der Waals surface area contributed by atoms with Crippen LogP contribution in [0, 0.1) is 0 Å². The number of aliphatic hydroxyl groups is 3. The van der Waals surface area contributed by atoms with E-state index >= 15 is 0 Å². The van der Waals surface area contributed by atoms with Gasteiger partial charge in [-0.3, -0.25) is 9.80 Å². The van der Waals surface area contributed by atoms with Crippen LogP contribution in [0.2, 0.25) is 0 Å². The smallest absolute Gasteiger partial charge is 0.330 e. The summed E-state index contributed by atoms with van der Waals surface area (Å²) in [6.07, 6.45) is 9.49. The van der Waals surface area contributed by atoms with E-state index in [9.17, 15) is 9.59 Å². The minimum Gasteiger partial charge on any atom is -0.461 e. The first-order valence-electron chi connectivity index (χ1n) is 20.4. The average Bonchev–Trinajstić information content (AvgIpc) is 3.36. The predicted molar refractivity (Wildman–Crippen MR) is 271 cm³/mol. The number of hydrogen-bond donors (Lipinski definition) is 3. The van der Waals surface area contributed by atoms with Gasteiger partial charge in [0.1, 0.15) is 13.2 Å². The third-order valence-electron chi connectivity index (χ3n) is 8.09. The van der Waals surface area contributed by atoms with Gasteiger partial charge in [-0.15, -0.1) is 23.2 Å². The Kier molecular flexibility index (Phi) is 49.6. The Morgan fingerprint density at radius 3 is 1.25 bits per heavy atom. The molecule has 0 spiro atoms. The van der Waals surface area contributed by atoms with Crippen molar-refractivity contribution in [3.8, 4) is 0 Å². The molecule has 5 aromatic rings. The van der Waals surface area contributed by atoms with E-state index in [4.69, 9.17) is 24.8 Å². The lowest BCUT2D eigenvalue weighted by atomic mass is 10.1. The van der Waals surface area contributed by atoms with Gasteiger partial charge in [0.15, 0.2) is 0 Å². The zero-order valence-electron chi connectivity index (χ0n) is 38.3. The Hall–Kier alpha value is -4.84. The standard InChI is InChI=1S/C24H25NO2.C20H23NO2.C2H6.2CH3Cl.3CH4O.CH4/c1-2-25(19-21-8-4-3-5-9-21)16-17-27-24(26)15-13-20-12-14-22-10-6-7-11-23(22)18-20;1-2-21(17-19-11-7-4-8-12-19)15-16-23-20(22)14-13-18-9-5-3-6-10-18;6*1-2;/h3-15,18H,2,16-17,19H2,1H3;3-14H,2,15-17H2,1H3;1-2H3;2*1H3;3*2H,1H3;1H4/b15-13+;14-13+;;;;;;;. The Morgan fingerprint density at radius 2 is 0.857 bits per heavy atom. The van der Waals surface area contributed by atoms with Crippen LogP contribution in [-0.2, 0) is 32.2 Å². The lowest BCUT2D eigenvalue weighted by Crippen LogP contribution is -2.27. The minimum absolute atomic E-state index is 0. The molecule has 0 saturated heterocycles. The van der Waals surface area contributed by atoms with Crippen LogP contribution in [0.1, 0.15) is 57.4 Å². The van der Waals surface area contributed by atoms with Crippen molar-refractivity contribution in [3.05, 3.63) is 168 Å². The molecule has 0 radical (unpaired) electrons. The number of esters is 2. The van der Waals surface area contributed by atoms with E-state index < -0.39 is 0 Å². The zero-order chi connectivity index (χ0) is 47.2. The van der Waals surface area contributed by atoms with Gasteiger partial charge in [-0.05, 0) is 64.3 Å². The molecule has 5 aromatic carbocycles. The number of nitrogens with zero attached hydrogens (tertiary/aromatic N) is 2. The molecule has 0 fully saturated rings. The van der Waals surface area contributed by atoms with Gasteiger partial charge in [0.05, 0.1) is 0 Å². The second-order valence-corrected chi connectivity index (χ2v) is 11.7. The fourth-order valence-electron chi connectivity index (χ4n) is 5.23. The van der Waals surface area contributed by atoms with Crippen molar-refractivity contribution in [1.29, 1.82) is 0 Å². The maximum absolute atomic E-state index is 12.0. The lowest BCUT2D eigenvalue weighted by Gasteiger charge is -2.20. The van der Waals surface area contributed by atoms with E-state index in [0.29, 0.717) is 13.2 Å². The van der Waals surface area contributed by atoms with Crippen molar-refractivity contribution in [1.82, 2.24) is 9.80 Å². The van der Waals surface area contributed by atoms with Crippen LogP contribution in [0.4, 0.5) is 0 Å². The summed E-state index contributed by atoms with van der Waals surface area (Å²) in [5.74, 6) is -0.608. The summed E-state index contributed by atoms with van der Waals surface area (Å²) in [6, 6.07) is 44.7. The van der Waals surface area contributed by atoms with Crippen LogP contribution in [0.3, 0.4) is 0 Å². The zero-order valence-corrected chi connectivity index (χ0v) is 39.8. The first-order valence-corrected chi connectivity index (χ1v) is 21.9. The molecule has 0 atom stereocenters. The highest BCUT2D eigenvalue weighted by molar-refractivity contribution is 6.15. The van der Waals surface area contributed by atoms with E-state index in [1.807, 2.05) is 98.8 Å². The van der Waals surface area contributed by atoms with E-state index in [-0.39, 0.29) is 19.4 Å². The average molecular weight is 912 g/mol. The van der Waals surface area contributed by atoms with E-state index in [1.165, 1.54) is 41.4 Å². The maximum Gasteiger partial charge on any atom is 0.330 e. The molecule has 350 valence electrons. The summed E-state index contributed by atoms with van der Waals surface area (Å²) in [4.78, 5) is 28.2. The monoisotopic (exact) mass is 911 g/mol. The molecule has 0 saturated carbocycles. The van der Waals surface area contributed by atoms with Crippen LogP contribution in [0.15, 0.2) is 146 Å². The number of likely N-dealkylation sites (N-methyl/N-ethyl adjacent to an activating group) is 2. The molecule has 0 aliphatic rings. The molecule has 0 aromatic heterocycles. The highest BCUT2D eigenvalue weighted by Gasteiger charge is 2.06. The molecule has 3 N–H and O–H groups in total. The molecular formula is C52H76Cl2N2O7. The molecule has 9 nitrogen and oxygen atoms in total. The summed E-state index contributed by atoms with van der Waals surface area (Å²) in [5.41, 5.74) is 4.51. The van der Waals surface area contributed by atoms with Gasteiger partial charge < -0.3 is 24.8 Å². The molecule has 0 bridgehead atoms. The number of alkyl halides is 2. The van der Waals surface area contributed by atoms with Crippen LogP contribution in [0.5, 0.6) is 0 Å². The Labute approximate surface area is 390 Å². The fourth-order valence-corrected chi connectivity index (χ4v) is 5.23. The van der Waals surface area contributed by atoms with Gasteiger partial charge in [0.2, 0.25) is 0 Å². The number of benzene rings is 5. The Morgan fingerprint density at radius 1 is 0.508 bits per heavy atom. The van der Waals surface area contributed by atoms with Gasteiger partial charge in [0.25, 0.3) is 0 Å². The Bertz CT molecular complexity index is 1800. The number of halogens is 2. The number of ether oxygens (including phenoxy) is 2. The molecule has 0 aliphatic heterocycles. The molecule has 63 heavy (non-hydrogen) atoms. The van der Waals surface area contributed by atoms with Crippen molar-refractivity contribution >= 4 is 58.1 Å². The first-order chi connectivity index (χ1) is 30.5. The number of carbonyl (C=O) groups excluding carboxylic acids is 2. The first kappa shape index (κ1) is 64.8. The number of aliphatic hydroxyl groups excluding tert-OH is 3.